The van der Waals surface area contributed by atoms with E-state index in [0.717, 1.165) is 17.7 Å². The molecule has 0 amide bonds. The lowest BCUT2D eigenvalue weighted by molar-refractivity contribution is -0.137. The van der Waals surface area contributed by atoms with Crippen LogP contribution in [-0.4, -0.2) is 17.6 Å². The zero-order valence-electron chi connectivity index (χ0n) is 11.5. The Morgan fingerprint density at radius 2 is 1.68 bits per heavy atom. The summed E-state index contributed by atoms with van der Waals surface area (Å²) in [6.07, 6.45) is -3.84. The molecule has 22 heavy (non-hydrogen) atoms. The fourth-order valence-corrected chi connectivity index (χ4v) is 2.03. The van der Waals surface area contributed by atoms with Crippen LogP contribution < -0.4 is 5.32 Å². The second-order valence-corrected chi connectivity index (χ2v) is 4.72. The maximum absolute atomic E-state index is 12.4. The molecule has 3 nitrogen and oxygen atoms in total. The number of halogens is 3. The highest BCUT2D eigenvalue weighted by Crippen LogP contribution is 2.29. The molecule has 0 spiro atoms. The summed E-state index contributed by atoms with van der Waals surface area (Å²) < 4.78 is 37.3. The van der Waals surface area contributed by atoms with E-state index in [1.807, 2.05) is 0 Å². The van der Waals surface area contributed by atoms with Crippen molar-refractivity contribution >= 4 is 11.7 Å². The van der Waals surface area contributed by atoms with Crippen LogP contribution in [0.1, 0.15) is 21.5 Å². The molecular weight excluding hydrogens is 295 g/mol. The van der Waals surface area contributed by atoms with Crippen molar-refractivity contribution in [2.45, 2.75) is 12.6 Å². The molecule has 0 unspecified atom stereocenters. The van der Waals surface area contributed by atoms with Crippen LogP contribution in [-0.2, 0) is 12.6 Å². The van der Waals surface area contributed by atoms with Crippen LogP contribution in [0.5, 0.6) is 0 Å². The lowest BCUT2D eigenvalue weighted by atomic mass is 10.1. The molecule has 0 aliphatic carbocycles. The van der Waals surface area contributed by atoms with Gasteiger partial charge in [-0.3, -0.25) is 0 Å². The maximum atomic E-state index is 12.4. The van der Waals surface area contributed by atoms with Gasteiger partial charge in [-0.15, -0.1) is 0 Å². The minimum Gasteiger partial charge on any atom is -0.478 e. The summed E-state index contributed by atoms with van der Waals surface area (Å²) in [6, 6.07) is 11.4. The first-order valence-corrected chi connectivity index (χ1v) is 6.60. The monoisotopic (exact) mass is 309 g/mol. The van der Waals surface area contributed by atoms with Crippen molar-refractivity contribution in [1.29, 1.82) is 0 Å². The number of carboxylic acids is 1. The molecule has 0 aliphatic rings. The molecule has 0 bridgehead atoms. The lowest BCUT2D eigenvalue weighted by Crippen LogP contribution is -2.10. The predicted octanol–water partition coefficient (Wildman–Crippen LogP) is 4.06. The largest absolute Gasteiger partial charge is 0.478 e. The van der Waals surface area contributed by atoms with Gasteiger partial charge >= 0.3 is 12.1 Å². The molecule has 0 aromatic heterocycles. The Hall–Kier alpha value is -2.50. The van der Waals surface area contributed by atoms with Gasteiger partial charge in [0.25, 0.3) is 0 Å². The van der Waals surface area contributed by atoms with E-state index in [1.165, 1.54) is 18.2 Å². The van der Waals surface area contributed by atoms with Crippen LogP contribution in [0.3, 0.4) is 0 Å². The molecule has 2 aromatic rings. The number of carboxylic acid groups (broad SMARTS) is 1. The van der Waals surface area contributed by atoms with Gasteiger partial charge in [-0.25, -0.2) is 4.79 Å². The summed E-state index contributed by atoms with van der Waals surface area (Å²) in [5, 5.41) is 12.0. The van der Waals surface area contributed by atoms with E-state index >= 15 is 0 Å². The van der Waals surface area contributed by atoms with Crippen molar-refractivity contribution in [3.63, 3.8) is 0 Å². The minimum atomic E-state index is -4.34. The smallest absolute Gasteiger partial charge is 0.416 e. The van der Waals surface area contributed by atoms with Crippen LogP contribution >= 0.6 is 0 Å². The molecule has 2 rings (SSSR count). The number of aromatic carboxylic acids is 1. The number of benzene rings is 2. The number of para-hydroxylation sites is 1. The van der Waals surface area contributed by atoms with E-state index in [2.05, 4.69) is 5.32 Å². The third kappa shape index (κ3) is 4.00. The SMILES string of the molecule is O=C(O)c1ccccc1NCCc1ccc(C(F)(F)F)cc1. The molecule has 2 N–H and O–H groups in total. The summed E-state index contributed by atoms with van der Waals surface area (Å²) in [6.45, 7) is 0.426. The molecule has 0 atom stereocenters. The van der Waals surface area contributed by atoms with E-state index in [-0.39, 0.29) is 5.56 Å². The fraction of sp³-hybridized carbons (Fsp3) is 0.188. The maximum Gasteiger partial charge on any atom is 0.416 e. The van der Waals surface area contributed by atoms with Gasteiger partial charge in [0.1, 0.15) is 0 Å². The molecule has 116 valence electrons. The highest BCUT2D eigenvalue weighted by atomic mass is 19.4. The van der Waals surface area contributed by atoms with Crippen LogP contribution in [0, 0.1) is 0 Å². The van der Waals surface area contributed by atoms with Crippen LogP contribution in [0.4, 0.5) is 18.9 Å². The molecule has 0 radical (unpaired) electrons. The zero-order valence-corrected chi connectivity index (χ0v) is 11.5. The first-order chi connectivity index (χ1) is 10.4. The average Bonchev–Trinajstić information content (AvgIpc) is 2.47. The first kappa shape index (κ1) is 15.9. The number of alkyl halides is 3. The van der Waals surface area contributed by atoms with Gasteiger partial charge in [0.2, 0.25) is 0 Å². The van der Waals surface area contributed by atoms with Gasteiger partial charge in [0.05, 0.1) is 11.1 Å². The van der Waals surface area contributed by atoms with Crippen molar-refractivity contribution in [3.05, 3.63) is 65.2 Å². The third-order valence-corrected chi connectivity index (χ3v) is 3.17. The first-order valence-electron chi connectivity index (χ1n) is 6.60. The van der Waals surface area contributed by atoms with E-state index in [4.69, 9.17) is 5.11 Å². The highest BCUT2D eigenvalue weighted by molar-refractivity contribution is 5.94. The Labute approximate surface area is 125 Å². The number of hydrogen-bond donors (Lipinski definition) is 2. The fourth-order valence-electron chi connectivity index (χ4n) is 2.03. The molecule has 0 fully saturated rings. The molecule has 0 saturated heterocycles. The molecular formula is C16H14F3NO2. The third-order valence-electron chi connectivity index (χ3n) is 3.17. The van der Waals surface area contributed by atoms with E-state index in [9.17, 15) is 18.0 Å². The molecule has 2 aromatic carbocycles. The lowest BCUT2D eigenvalue weighted by Gasteiger charge is -2.10. The van der Waals surface area contributed by atoms with E-state index < -0.39 is 17.7 Å². The van der Waals surface area contributed by atoms with E-state index in [1.54, 1.807) is 18.2 Å². The number of carbonyl (C=O) groups is 1. The Balaban J connectivity index is 1.96. The van der Waals surface area contributed by atoms with E-state index in [0.29, 0.717) is 18.7 Å². The number of anilines is 1. The van der Waals surface area contributed by atoms with Crippen molar-refractivity contribution < 1.29 is 23.1 Å². The number of rotatable bonds is 5. The van der Waals surface area contributed by atoms with Gasteiger partial charge in [-0.05, 0) is 36.2 Å². The van der Waals surface area contributed by atoms with Gasteiger partial charge in [0.15, 0.2) is 0 Å². The second kappa shape index (κ2) is 6.51. The van der Waals surface area contributed by atoms with Gasteiger partial charge < -0.3 is 10.4 Å². The highest BCUT2D eigenvalue weighted by Gasteiger charge is 2.29. The summed E-state index contributed by atoms with van der Waals surface area (Å²) in [5.74, 6) is -1.03. The Kier molecular flexibility index (Phi) is 4.70. The van der Waals surface area contributed by atoms with Crippen LogP contribution in [0.15, 0.2) is 48.5 Å². The summed E-state index contributed by atoms with van der Waals surface area (Å²) >= 11 is 0. The standard InChI is InChI=1S/C16H14F3NO2/c17-16(18,19)12-7-5-11(6-8-12)9-10-20-14-4-2-1-3-13(14)15(21)22/h1-8,20H,9-10H2,(H,21,22). The molecule has 6 heteroatoms. The van der Waals surface area contributed by atoms with Gasteiger partial charge in [-0.2, -0.15) is 13.2 Å². The summed E-state index contributed by atoms with van der Waals surface area (Å²) in [4.78, 5) is 11.0. The van der Waals surface area contributed by atoms with Crippen LogP contribution in [0.25, 0.3) is 0 Å². The van der Waals surface area contributed by atoms with Gasteiger partial charge in [0, 0.05) is 12.2 Å². The second-order valence-electron chi connectivity index (χ2n) is 4.72. The van der Waals surface area contributed by atoms with Gasteiger partial charge in [-0.1, -0.05) is 24.3 Å². The minimum absolute atomic E-state index is 0.162. The van der Waals surface area contributed by atoms with Crippen molar-refractivity contribution in [3.8, 4) is 0 Å². The number of nitrogens with one attached hydrogen (secondary N) is 1. The molecule has 0 heterocycles. The van der Waals surface area contributed by atoms with Crippen molar-refractivity contribution in [1.82, 2.24) is 0 Å². The Bertz CT molecular complexity index is 651. The molecule has 0 aliphatic heterocycles. The molecule has 0 saturated carbocycles. The normalized spacial score (nSPS) is 11.2. The van der Waals surface area contributed by atoms with Crippen molar-refractivity contribution in [2.75, 3.05) is 11.9 Å². The summed E-state index contributed by atoms with van der Waals surface area (Å²) in [7, 11) is 0. The number of hydrogen-bond acceptors (Lipinski definition) is 2. The van der Waals surface area contributed by atoms with Crippen molar-refractivity contribution in [2.24, 2.45) is 0 Å². The quantitative estimate of drug-likeness (QED) is 0.875. The zero-order chi connectivity index (χ0) is 16.2. The predicted molar refractivity (Wildman–Crippen MR) is 77.0 cm³/mol. The average molecular weight is 309 g/mol. The van der Waals surface area contributed by atoms with Crippen LogP contribution in [0.2, 0.25) is 0 Å². The topological polar surface area (TPSA) is 49.3 Å². The Morgan fingerprint density at radius 1 is 1.05 bits per heavy atom. The summed E-state index contributed by atoms with van der Waals surface area (Å²) in [5.41, 5.74) is 0.713. The Morgan fingerprint density at radius 3 is 2.27 bits per heavy atom.